The molecule has 1 unspecified atom stereocenters. The Morgan fingerprint density at radius 1 is 1.62 bits per heavy atom. The molecule has 1 rings (SSSR count). The summed E-state index contributed by atoms with van der Waals surface area (Å²) in [6.07, 6.45) is 0. The predicted octanol–water partition coefficient (Wildman–Crippen LogP) is 2.94. The maximum Gasteiger partial charge on any atom is 0.357 e. The van der Waals surface area contributed by atoms with Crippen LogP contribution in [0.2, 0.25) is 0 Å². The number of aromatic nitrogens is 1. The molecule has 0 radical (unpaired) electrons. The van der Waals surface area contributed by atoms with E-state index in [-0.39, 0.29) is 11.1 Å². The molecule has 0 saturated carbocycles. The van der Waals surface area contributed by atoms with Crippen LogP contribution in [0.1, 0.15) is 38.2 Å². The lowest BCUT2D eigenvalue weighted by molar-refractivity contribution is 0.0692. The van der Waals surface area contributed by atoms with Crippen LogP contribution >= 0.6 is 11.3 Å². The highest BCUT2D eigenvalue weighted by Gasteiger charge is 2.21. The lowest BCUT2D eigenvalue weighted by Gasteiger charge is -2.27. The normalized spacial score (nSPS) is 13.5. The lowest BCUT2D eigenvalue weighted by Crippen LogP contribution is -2.25. The summed E-state index contributed by atoms with van der Waals surface area (Å²) in [5.41, 5.74) is 1.88. The van der Waals surface area contributed by atoms with Gasteiger partial charge in [0, 0.05) is 6.54 Å². The molecule has 0 fully saturated rings. The Kier molecular flexibility index (Phi) is 3.91. The van der Waals surface area contributed by atoms with Gasteiger partial charge in [-0.25, -0.2) is 9.78 Å². The molecular weight excluding hydrogens is 224 g/mol. The molecule has 0 spiro atoms. The molecular formula is C11H18N2O2S. The molecule has 0 aromatic carbocycles. The van der Waals surface area contributed by atoms with Gasteiger partial charge in [-0.3, -0.25) is 0 Å². The molecule has 1 atom stereocenters. The van der Waals surface area contributed by atoms with Crippen LogP contribution < -0.4 is 5.32 Å². The van der Waals surface area contributed by atoms with E-state index in [9.17, 15) is 4.79 Å². The van der Waals surface area contributed by atoms with Gasteiger partial charge in [-0.05, 0) is 11.3 Å². The first-order valence-electron chi connectivity index (χ1n) is 5.23. The zero-order valence-electron chi connectivity index (χ0n) is 10.1. The topological polar surface area (TPSA) is 62.2 Å². The number of anilines is 1. The smallest absolute Gasteiger partial charge is 0.357 e. The van der Waals surface area contributed by atoms with E-state index in [2.05, 4.69) is 38.0 Å². The number of carboxylic acid groups (broad SMARTS) is 1. The molecule has 4 nitrogen and oxygen atoms in total. The maximum absolute atomic E-state index is 10.8. The summed E-state index contributed by atoms with van der Waals surface area (Å²) in [5.74, 6) is -0.525. The van der Waals surface area contributed by atoms with E-state index in [1.807, 2.05) is 0 Å². The molecule has 0 aliphatic heterocycles. The number of carboxylic acids is 1. The molecule has 90 valence electrons. The average Bonchev–Trinajstić information content (AvgIpc) is 2.60. The van der Waals surface area contributed by atoms with E-state index < -0.39 is 5.97 Å². The molecule has 0 saturated heterocycles. The minimum absolute atomic E-state index is 0.117. The van der Waals surface area contributed by atoms with Crippen molar-refractivity contribution in [1.82, 2.24) is 4.98 Å². The van der Waals surface area contributed by atoms with Gasteiger partial charge in [0.05, 0.1) is 5.51 Å². The highest BCUT2D eigenvalue weighted by molar-refractivity contribution is 7.14. The summed E-state index contributed by atoms with van der Waals surface area (Å²) in [7, 11) is 0. The van der Waals surface area contributed by atoms with Crippen LogP contribution in [0.4, 0.5) is 5.00 Å². The van der Waals surface area contributed by atoms with Gasteiger partial charge in [-0.1, -0.05) is 27.7 Å². The van der Waals surface area contributed by atoms with Gasteiger partial charge in [0.25, 0.3) is 0 Å². The van der Waals surface area contributed by atoms with Crippen LogP contribution in [0.15, 0.2) is 5.51 Å². The molecule has 5 heteroatoms. The van der Waals surface area contributed by atoms with E-state index in [1.54, 1.807) is 5.51 Å². The van der Waals surface area contributed by atoms with E-state index in [4.69, 9.17) is 5.11 Å². The Morgan fingerprint density at radius 2 is 2.25 bits per heavy atom. The van der Waals surface area contributed by atoms with Crippen LogP contribution in [0, 0.1) is 11.3 Å². The van der Waals surface area contributed by atoms with Gasteiger partial charge >= 0.3 is 5.97 Å². The third-order valence-electron chi connectivity index (χ3n) is 2.82. The third-order valence-corrected chi connectivity index (χ3v) is 3.60. The summed E-state index contributed by atoms with van der Waals surface area (Å²) >= 11 is 1.33. The summed E-state index contributed by atoms with van der Waals surface area (Å²) < 4.78 is 0. The van der Waals surface area contributed by atoms with Crippen molar-refractivity contribution in [2.45, 2.75) is 27.7 Å². The van der Waals surface area contributed by atoms with Crippen molar-refractivity contribution in [3.05, 3.63) is 11.2 Å². The lowest BCUT2D eigenvalue weighted by atomic mass is 9.82. The molecule has 2 N–H and O–H groups in total. The number of aromatic carboxylic acids is 1. The van der Waals surface area contributed by atoms with Crippen molar-refractivity contribution < 1.29 is 9.90 Å². The minimum atomic E-state index is -0.979. The van der Waals surface area contributed by atoms with Gasteiger partial charge in [-0.15, -0.1) is 11.3 Å². The summed E-state index contributed by atoms with van der Waals surface area (Å²) in [5, 5.41) is 12.7. The summed E-state index contributed by atoms with van der Waals surface area (Å²) in [4.78, 5) is 14.6. The highest BCUT2D eigenvalue weighted by Crippen LogP contribution is 2.27. The van der Waals surface area contributed by atoms with Crippen molar-refractivity contribution >= 4 is 22.3 Å². The molecule has 16 heavy (non-hydrogen) atoms. The fraction of sp³-hybridized carbons (Fsp3) is 0.636. The van der Waals surface area contributed by atoms with Crippen molar-refractivity contribution in [1.29, 1.82) is 0 Å². The quantitative estimate of drug-likeness (QED) is 0.852. The van der Waals surface area contributed by atoms with Gasteiger partial charge < -0.3 is 10.4 Å². The van der Waals surface area contributed by atoms with Crippen molar-refractivity contribution in [3.63, 3.8) is 0 Å². The first-order chi connectivity index (χ1) is 7.32. The van der Waals surface area contributed by atoms with Crippen LogP contribution in [-0.4, -0.2) is 22.6 Å². The third kappa shape index (κ3) is 3.20. The van der Waals surface area contributed by atoms with Gasteiger partial charge in [-0.2, -0.15) is 0 Å². The standard InChI is InChI=1S/C11H18N2O2S/c1-7(11(2,3)4)5-12-9-8(10(14)15)13-6-16-9/h6-7,12H,5H2,1-4H3,(H,14,15). The van der Waals surface area contributed by atoms with E-state index in [1.165, 1.54) is 11.3 Å². The second kappa shape index (κ2) is 4.82. The van der Waals surface area contributed by atoms with Crippen LogP contribution in [0.25, 0.3) is 0 Å². The Bertz CT molecular complexity index is 368. The molecule has 1 aromatic heterocycles. The van der Waals surface area contributed by atoms with Crippen molar-refractivity contribution in [3.8, 4) is 0 Å². The number of thiazole rings is 1. The molecule has 0 aliphatic rings. The van der Waals surface area contributed by atoms with Gasteiger partial charge in [0.2, 0.25) is 0 Å². The number of nitrogens with zero attached hydrogens (tertiary/aromatic N) is 1. The predicted molar refractivity (Wildman–Crippen MR) is 66.2 cm³/mol. The maximum atomic E-state index is 10.8. The first-order valence-corrected chi connectivity index (χ1v) is 6.11. The highest BCUT2D eigenvalue weighted by atomic mass is 32.1. The zero-order chi connectivity index (χ0) is 12.3. The zero-order valence-corrected chi connectivity index (χ0v) is 10.9. The molecule has 0 aliphatic carbocycles. The minimum Gasteiger partial charge on any atom is -0.476 e. The largest absolute Gasteiger partial charge is 0.476 e. The summed E-state index contributed by atoms with van der Waals surface area (Å²) in [6.45, 7) is 9.42. The molecule has 1 heterocycles. The number of rotatable bonds is 4. The number of hydrogen-bond donors (Lipinski definition) is 2. The van der Waals surface area contributed by atoms with Gasteiger partial charge in [0.15, 0.2) is 5.69 Å². The van der Waals surface area contributed by atoms with Crippen LogP contribution in [-0.2, 0) is 0 Å². The Balaban J connectivity index is 2.62. The SMILES string of the molecule is CC(CNc1scnc1C(=O)O)C(C)(C)C. The Hall–Kier alpha value is -1.10. The fourth-order valence-electron chi connectivity index (χ4n) is 1.08. The van der Waals surface area contributed by atoms with E-state index in [0.29, 0.717) is 10.9 Å². The average molecular weight is 242 g/mol. The van der Waals surface area contributed by atoms with E-state index in [0.717, 1.165) is 6.54 Å². The Morgan fingerprint density at radius 3 is 2.75 bits per heavy atom. The second-order valence-electron chi connectivity index (χ2n) is 4.98. The molecule has 0 bridgehead atoms. The van der Waals surface area contributed by atoms with Crippen LogP contribution in [0.3, 0.4) is 0 Å². The van der Waals surface area contributed by atoms with Gasteiger partial charge in [0.1, 0.15) is 5.00 Å². The van der Waals surface area contributed by atoms with Crippen LogP contribution in [0.5, 0.6) is 0 Å². The van der Waals surface area contributed by atoms with E-state index >= 15 is 0 Å². The molecule has 1 aromatic rings. The number of carbonyl (C=O) groups is 1. The molecule has 0 amide bonds. The second-order valence-corrected chi connectivity index (χ2v) is 5.84. The first kappa shape index (κ1) is 13.0. The monoisotopic (exact) mass is 242 g/mol. The Labute approximate surface area is 99.7 Å². The number of nitrogens with one attached hydrogen (secondary N) is 1. The summed E-state index contributed by atoms with van der Waals surface area (Å²) in [6, 6.07) is 0. The van der Waals surface area contributed by atoms with Crippen molar-refractivity contribution in [2.24, 2.45) is 11.3 Å². The van der Waals surface area contributed by atoms with Crippen molar-refractivity contribution in [2.75, 3.05) is 11.9 Å². The number of hydrogen-bond acceptors (Lipinski definition) is 4. The fourth-order valence-corrected chi connectivity index (χ4v) is 1.76.